The van der Waals surface area contributed by atoms with Crippen molar-refractivity contribution in [1.29, 1.82) is 0 Å². The van der Waals surface area contributed by atoms with Crippen LogP contribution in [0.15, 0.2) is 78.9 Å². The number of fused-ring (bicyclic) bond motifs is 1. The highest BCUT2D eigenvalue weighted by molar-refractivity contribution is 6.24. The van der Waals surface area contributed by atoms with E-state index in [1.54, 1.807) is 30.3 Å². The standard InChI is InChI=1S/C24H16F4N2O3/c25-16-11-9-14(10-12-16)20-19-21(33-30(20)17-6-2-1-3-7-17)23(32)29(22(19)31)18-8-4-5-15(13-18)24(26,27)28/h1-13,19-21H/t19-,20+,21-/m1/s1. The summed E-state index contributed by atoms with van der Waals surface area (Å²) in [6, 6.07) is 17.5. The summed E-state index contributed by atoms with van der Waals surface area (Å²) in [5.41, 5.74) is -0.0474. The quantitative estimate of drug-likeness (QED) is 0.416. The van der Waals surface area contributed by atoms with Crippen LogP contribution >= 0.6 is 0 Å². The summed E-state index contributed by atoms with van der Waals surface area (Å²) >= 11 is 0. The van der Waals surface area contributed by atoms with Gasteiger partial charge in [-0.3, -0.25) is 14.4 Å². The largest absolute Gasteiger partial charge is 0.416 e. The van der Waals surface area contributed by atoms with Crippen LogP contribution in [0.5, 0.6) is 0 Å². The summed E-state index contributed by atoms with van der Waals surface area (Å²) in [6.07, 6.45) is -5.86. The van der Waals surface area contributed by atoms with Crippen molar-refractivity contribution in [1.82, 2.24) is 0 Å². The smallest absolute Gasteiger partial charge is 0.273 e. The Balaban J connectivity index is 1.57. The van der Waals surface area contributed by atoms with Gasteiger partial charge in [0.15, 0.2) is 6.10 Å². The van der Waals surface area contributed by atoms with Crippen molar-refractivity contribution >= 4 is 23.2 Å². The van der Waals surface area contributed by atoms with Gasteiger partial charge in [-0.15, -0.1) is 0 Å². The van der Waals surface area contributed by atoms with Crippen LogP contribution in [0, 0.1) is 11.7 Å². The number of anilines is 2. The van der Waals surface area contributed by atoms with Crippen LogP contribution in [-0.2, 0) is 20.6 Å². The molecule has 2 saturated heterocycles. The molecule has 2 aliphatic rings. The van der Waals surface area contributed by atoms with Crippen molar-refractivity contribution in [3.05, 3.63) is 95.8 Å². The minimum atomic E-state index is -4.63. The summed E-state index contributed by atoms with van der Waals surface area (Å²) in [5.74, 6) is -2.94. The van der Waals surface area contributed by atoms with E-state index in [4.69, 9.17) is 4.84 Å². The van der Waals surface area contributed by atoms with E-state index in [2.05, 4.69) is 0 Å². The van der Waals surface area contributed by atoms with E-state index in [-0.39, 0.29) is 5.69 Å². The van der Waals surface area contributed by atoms with Crippen molar-refractivity contribution in [3.8, 4) is 0 Å². The fourth-order valence-corrected chi connectivity index (χ4v) is 4.29. The van der Waals surface area contributed by atoms with Gasteiger partial charge in [0.2, 0.25) is 5.91 Å². The fourth-order valence-electron chi connectivity index (χ4n) is 4.29. The molecule has 3 aromatic rings. The predicted octanol–water partition coefficient (Wildman–Crippen LogP) is 4.90. The number of halogens is 4. The molecule has 168 valence electrons. The number of hydrogen-bond donors (Lipinski definition) is 0. The van der Waals surface area contributed by atoms with Gasteiger partial charge < -0.3 is 0 Å². The number of rotatable bonds is 3. The molecule has 0 unspecified atom stereocenters. The third kappa shape index (κ3) is 3.54. The van der Waals surface area contributed by atoms with Gasteiger partial charge in [-0.1, -0.05) is 36.4 Å². The van der Waals surface area contributed by atoms with Crippen molar-refractivity contribution in [2.24, 2.45) is 5.92 Å². The lowest BCUT2D eigenvalue weighted by Gasteiger charge is -2.28. The van der Waals surface area contributed by atoms with Gasteiger partial charge in [0.05, 0.1) is 23.0 Å². The maximum absolute atomic E-state index is 13.6. The van der Waals surface area contributed by atoms with E-state index >= 15 is 0 Å². The van der Waals surface area contributed by atoms with Crippen LogP contribution < -0.4 is 9.96 Å². The molecule has 0 spiro atoms. The minimum absolute atomic E-state index is 0.179. The zero-order valence-electron chi connectivity index (χ0n) is 16.9. The summed E-state index contributed by atoms with van der Waals surface area (Å²) in [6.45, 7) is 0. The number of hydrogen-bond acceptors (Lipinski definition) is 4. The lowest BCUT2D eigenvalue weighted by atomic mass is 9.90. The van der Waals surface area contributed by atoms with E-state index in [0.29, 0.717) is 11.3 Å². The Bertz CT molecular complexity index is 1210. The molecule has 9 heteroatoms. The van der Waals surface area contributed by atoms with Crippen molar-refractivity contribution in [2.75, 3.05) is 9.96 Å². The molecule has 0 N–H and O–H groups in total. The van der Waals surface area contributed by atoms with Crippen LogP contribution in [0.2, 0.25) is 0 Å². The lowest BCUT2D eigenvalue weighted by molar-refractivity contribution is -0.137. The summed E-state index contributed by atoms with van der Waals surface area (Å²) < 4.78 is 53.1. The Hall–Kier alpha value is -3.72. The highest BCUT2D eigenvalue weighted by atomic mass is 19.4. The molecule has 0 aliphatic carbocycles. The normalized spacial score (nSPS) is 22.7. The van der Waals surface area contributed by atoms with Crippen LogP contribution in [0.4, 0.5) is 28.9 Å². The Kier molecular flexibility index (Phi) is 4.93. The first-order chi connectivity index (χ1) is 15.8. The van der Waals surface area contributed by atoms with Gasteiger partial charge in [-0.05, 0) is 48.0 Å². The molecule has 0 radical (unpaired) electrons. The topological polar surface area (TPSA) is 49.9 Å². The van der Waals surface area contributed by atoms with E-state index in [9.17, 15) is 27.2 Å². The molecule has 3 atom stereocenters. The summed E-state index contributed by atoms with van der Waals surface area (Å²) in [7, 11) is 0. The molecular weight excluding hydrogens is 440 g/mol. The maximum atomic E-state index is 13.6. The highest BCUT2D eigenvalue weighted by Crippen LogP contribution is 2.47. The number of alkyl halides is 3. The van der Waals surface area contributed by atoms with Crippen LogP contribution in [-0.4, -0.2) is 17.9 Å². The second-order valence-corrected chi connectivity index (χ2v) is 7.77. The van der Waals surface area contributed by atoms with Gasteiger partial charge in [-0.25, -0.2) is 14.4 Å². The number of amides is 2. The number of nitrogens with zero attached hydrogens (tertiary/aromatic N) is 2. The van der Waals surface area contributed by atoms with E-state index in [1.807, 2.05) is 0 Å². The number of imide groups is 1. The average Bonchev–Trinajstić information content (AvgIpc) is 3.30. The third-order valence-corrected chi connectivity index (χ3v) is 5.77. The monoisotopic (exact) mass is 456 g/mol. The Morgan fingerprint density at radius 3 is 2.12 bits per heavy atom. The molecule has 0 aromatic heterocycles. The maximum Gasteiger partial charge on any atom is 0.416 e. The van der Waals surface area contributed by atoms with Crippen LogP contribution in [0.25, 0.3) is 0 Å². The zero-order chi connectivity index (χ0) is 23.3. The molecule has 2 amide bonds. The van der Waals surface area contributed by atoms with Gasteiger partial charge in [0, 0.05) is 0 Å². The summed E-state index contributed by atoms with van der Waals surface area (Å²) in [5, 5.41) is 1.43. The number of hydroxylamine groups is 1. The molecule has 2 heterocycles. The Morgan fingerprint density at radius 1 is 0.788 bits per heavy atom. The molecule has 5 rings (SSSR count). The number of benzene rings is 3. The molecule has 0 bridgehead atoms. The van der Waals surface area contributed by atoms with Crippen molar-refractivity contribution in [3.63, 3.8) is 0 Å². The Morgan fingerprint density at radius 2 is 1.45 bits per heavy atom. The molecule has 5 nitrogen and oxygen atoms in total. The molecule has 2 fully saturated rings. The zero-order valence-corrected chi connectivity index (χ0v) is 16.9. The van der Waals surface area contributed by atoms with Crippen LogP contribution in [0.3, 0.4) is 0 Å². The number of carbonyl (C=O) groups excluding carboxylic acids is 2. The molecule has 2 aliphatic heterocycles. The van der Waals surface area contributed by atoms with Crippen molar-refractivity contribution < 1.29 is 32.0 Å². The molecular formula is C24H16F4N2O3. The number of para-hydroxylation sites is 1. The van der Waals surface area contributed by atoms with E-state index in [1.165, 1.54) is 35.4 Å². The SMILES string of the molecule is O=C1[C@H]2[C@@H](ON(c3ccccc3)[C@H]2c2ccc(F)cc2)C(=O)N1c1cccc(C(F)(F)F)c1. The Labute approximate surface area is 185 Å². The second kappa shape index (κ2) is 7.70. The van der Waals surface area contributed by atoms with E-state index < -0.39 is 47.4 Å². The predicted molar refractivity (Wildman–Crippen MR) is 110 cm³/mol. The first-order valence-electron chi connectivity index (χ1n) is 10.1. The summed E-state index contributed by atoms with van der Waals surface area (Å²) in [4.78, 5) is 33.3. The third-order valence-electron chi connectivity index (χ3n) is 5.77. The first-order valence-corrected chi connectivity index (χ1v) is 10.1. The van der Waals surface area contributed by atoms with Gasteiger partial charge in [0.1, 0.15) is 11.7 Å². The average molecular weight is 456 g/mol. The van der Waals surface area contributed by atoms with Gasteiger partial charge in [0.25, 0.3) is 5.91 Å². The number of carbonyl (C=O) groups is 2. The molecule has 3 aromatic carbocycles. The minimum Gasteiger partial charge on any atom is -0.273 e. The highest BCUT2D eigenvalue weighted by Gasteiger charge is 2.60. The first kappa shape index (κ1) is 21.1. The van der Waals surface area contributed by atoms with Crippen LogP contribution in [0.1, 0.15) is 17.2 Å². The molecule has 33 heavy (non-hydrogen) atoms. The molecule has 0 saturated carbocycles. The lowest BCUT2D eigenvalue weighted by Crippen LogP contribution is -2.37. The van der Waals surface area contributed by atoms with Gasteiger partial charge in [-0.2, -0.15) is 13.2 Å². The fraction of sp³-hybridized carbons (Fsp3) is 0.167. The van der Waals surface area contributed by atoms with Gasteiger partial charge >= 0.3 is 6.18 Å². The van der Waals surface area contributed by atoms with Crippen molar-refractivity contribution in [2.45, 2.75) is 18.3 Å². The second-order valence-electron chi connectivity index (χ2n) is 7.77. The van der Waals surface area contributed by atoms with E-state index in [0.717, 1.165) is 23.1 Å².